The van der Waals surface area contributed by atoms with Crippen molar-refractivity contribution in [2.24, 2.45) is 11.3 Å². The first-order valence-corrected chi connectivity index (χ1v) is 4.22. The normalized spacial score (nSPS) is 31.1. The summed E-state index contributed by atoms with van der Waals surface area (Å²) < 4.78 is 4.93. The Morgan fingerprint density at radius 1 is 1.64 bits per heavy atom. The fraction of sp³-hybridized carbons (Fsp3) is 0.889. The van der Waals surface area contributed by atoms with Gasteiger partial charge in [0.2, 0.25) is 0 Å². The third-order valence-electron chi connectivity index (χ3n) is 2.24. The molecule has 0 N–H and O–H groups in total. The largest absolute Gasteiger partial charge is 0.465 e. The molecule has 0 unspecified atom stereocenters. The SMILES string of the molecule is CC(C)C[C@@]1(C)CCOC1=O. The lowest BCUT2D eigenvalue weighted by Gasteiger charge is -2.20. The van der Waals surface area contributed by atoms with E-state index in [1.165, 1.54) is 0 Å². The number of carbonyl (C=O) groups excluding carboxylic acids is 1. The van der Waals surface area contributed by atoms with Crippen LogP contribution in [-0.2, 0) is 9.53 Å². The van der Waals surface area contributed by atoms with E-state index in [1.54, 1.807) is 0 Å². The van der Waals surface area contributed by atoms with Crippen molar-refractivity contribution >= 4 is 5.97 Å². The molecule has 2 nitrogen and oxygen atoms in total. The molecule has 0 radical (unpaired) electrons. The molecule has 1 rings (SSSR count). The standard InChI is InChI=1S/C9H16O2/c1-7(2)6-9(3)4-5-11-8(9)10/h7H,4-6H2,1-3H3/t9-/m1/s1. The zero-order valence-corrected chi connectivity index (χ0v) is 7.52. The molecule has 0 spiro atoms. The topological polar surface area (TPSA) is 26.3 Å². The molecule has 11 heavy (non-hydrogen) atoms. The molecular weight excluding hydrogens is 140 g/mol. The number of cyclic esters (lactones) is 1. The highest BCUT2D eigenvalue weighted by Crippen LogP contribution is 2.35. The molecule has 1 fully saturated rings. The first-order valence-electron chi connectivity index (χ1n) is 4.22. The molecule has 1 heterocycles. The van der Waals surface area contributed by atoms with Gasteiger partial charge < -0.3 is 4.74 Å². The van der Waals surface area contributed by atoms with Gasteiger partial charge in [-0.25, -0.2) is 0 Å². The maximum Gasteiger partial charge on any atom is 0.311 e. The summed E-state index contributed by atoms with van der Waals surface area (Å²) in [5.41, 5.74) is -0.186. The van der Waals surface area contributed by atoms with Crippen LogP contribution in [0.1, 0.15) is 33.6 Å². The first kappa shape index (κ1) is 8.57. The monoisotopic (exact) mass is 156 g/mol. The van der Waals surface area contributed by atoms with Gasteiger partial charge in [0.05, 0.1) is 12.0 Å². The minimum atomic E-state index is -0.186. The Labute approximate surface area is 67.9 Å². The average molecular weight is 156 g/mol. The third kappa shape index (κ3) is 1.73. The Morgan fingerprint density at radius 3 is 2.64 bits per heavy atom. The van der Waals surface area contributed by atoms with Crippen LogP contribution in [0.5, 0.6) is 0 Å². The lowest BCUT2D eigenvalue weighted by Crippen LogP contribution is -2.24. The first-order chi connectivity index (χ1) is 5.04. The Balaban J connectivity index is 2.58. The summed E-state index contributed by atoms with van der Waals surface area (Å²) in [6.45, 7) is 6.89. The summed E-state index contributed by atoms with van der Waals surface area (Å²) in [6, 6.07) is 0. The second kappa shape index (κ2) is 2.84. The zero-order valence-electron chi connectivity index (χ0n) is 7.52. The van der Waals surface area contributed by atoms with Crippen LogP contribution in [0.2, 0.25) is 0 Å². The predicted octanol–water partition coefficient (Wildman–Crippen LogP) is 1.99. The minimum Gasteiger partial charge on any atom is -0.465 e. The Kier molecular flexibility index (Phi) is 2.21. The van der Waals surface area contributed by atoms with E-state index in [2.05, 4.69) is 13.8 Å². The molecule has 1 aliphatic rings. The Morgan fingerprint density at radius 2 is 2.27 bits per heavy atom. The van der Waals surface area contributed by atoms with Gasteiger partial charge in [-0.15, -0.1) is 0 Å². The fourth-order valence-electron chi connectivity index (χ4n) is 1.73. The summed E-state index contributed by atoms with van der Waals surface area (Å²) in [7, 11) is 0. The van der Waals surface area contributed by atoms with Gasteiger partial charge in [-0.2, -0.15) is 0 Å². The summed E-state index contributed by atoms with van der Waals surface area (Å²) >= 11 is 0. The maximum absolute atomic E-state index is 11.2. The summed E-state index contributed by atoms with van der Waals surface area (Å²) in [6.07, 6.45) is 1.84. The van der Waals surface area contributed by atoms with Crippen LogP contribution in [0, 0.1) is 11.3 Å². The molecule has 1 atom stereocenters. The van der Waals surface area contributed by atoms with Gasteiger partial charge in [-0.1, -0.05) is 13.8 Å². The van der Waals surface area contributed by atoms with Gasteiger partial charge in [-0.05, 0) is 25.7 Å². The number of rotatable bonds is 2. The van der Waals surface area contributed by atoms with E-state index in [1.807, 2.05) is 6.92 Å². The second-order valence-electron chi connectivity index (χ2n) is 4.04. The molecule has 0 bridgehead atoms. The van der Waals surface area contributed by atoms with E-state index in [0.717, 1.165) is 12.8 Å². The van der Waals surface area contributed by atoms with Crippen LogP contribution in [-0.4, -0.2) is 12.6 Å². The summed E-state index contributed by atoms with van der Waals surface area (Å²) in [4.78, 5) is 11.2. The fourth-order valence-corrected chi connectivity index (χ4v) is 1.73. The number of hydrogen-bond acceptors (Lipinski definition) is 2. The summed E-state index contributed by atoms with van der Waals surface area (Å²) in [5.74, 6) is 0.567. The van der Waals surface area contributed by atoms with E-state index in [0.29, 0.717) is 12.5 Å². The van der Waals surface area contributed by atoms with Crippen molar-refractivity contribution in [1.82, 2.24) is 0 Å². The van der Waals surface area contributed by atoms with Crippen LogP contribution in [0.4, 0.5) is 0 Å². The van der Waals surface area contributed by atoms with Crippen molar-refractivity contribution in [2.75, 3.05) is 6.61 Å². The molecule has 2 heteroatoms. The molecule has 0 aromatic heterocycles. The van der Waals surface area contributed by atoms with Gasteiger partial charge in [0.1, 0.15) is 0 Å². The van der Waals surface area contributed by atoms with Crippen molar-refractivity contribution in [3.8, 4) is 0 Å². The van der Waals surface area contributed by atoms with Crippen molar-refractivity contribution in [2.45, 2.75) is 33.6 Å². The highest BCUT2D eigenvalue weighted by Gasteiger charge is 2.39. The van der Waals surface area contributed by atoms with Crippen LogP contribution < -0.4 is 0 Å². The second-order valence-corrected chi connectivity index (χ2v) is 4.04. The zero-order chi connectivity index (χ0) is 8.48. The molecule has 0 aromatic rings. The van der Waals surface area contributed by atoms with E-state index < -0.39 is 0 Å². The number of hydrogen-bond donors (Lipinski definition) is 0. The minimum absolute atomic E-state index is 0.00815. The Hall–Kier alpha value is -0.530. The Bertz CT molecular complexity index is 163. The van der Waals surface area contributed by atoms with Crippen molar-refractivity contribution in [3.05, 3.63) is 0 Å². The number of carbonyl (C=O) groups is 1. The number of esters is 1. The van der Waals surface area contributed by atoms with Gasteiger partial charge >= 0.3 is 5.97 Å². The van der Waals surface area contributed by atoms with Gasteiger partial charge in [0.25, 0.3) is 0 Å². The molecule has 1 saturated heterocycles. The summed E-state index contributed by atoms with van der Waals surface area (Å²) in [5, 5.41) is 0. The van der Waals surface area contributed by atoms with E-state index >= 15 is 0 Å². The van der Waals surface area contributed by atoms with Gasteiger partial charge in [0, 0.05) is 0 Å². The lowest BCUT2D eigenvalue weighted by molar-refractivity contribution is -0.146. The van der Waals surface area contributed by atoms with Crippen LogP contribution >= 0.6 is 0 Å². The van der Waals surface area contributed by atoms with Crippen LogP contribution in [0.15, 0.2) is 0 Å². The van der Waals surface area contributed by atoms with Crippen molar-refractivity contribution in [3.63, 3.8) is 0 Å². The third-order valence-corrected chi connectivity index (χ3v) is 2.24. The smallest absolute Gasteiger partial charge is 0.311 e. The molecular formula is C9H16O2. The highest BCUT2D eigenvalue weighted by atomic mass is 16.5. The van der Waals surface area contributed by atoms with Gasteiger partial charge in [0.15, 0.2) is 0 Å². The quantitative estimate of drug-likeness (QED) is 0.571. The molecule has 0 aliphatic carbocycles. The molecule has 1 aliphatic heterocycles. The maximum atomic E-state index is 11.2. The van der Waals surface area contributed by atoms with E-state index in [4.69, 9.17) is 4.74 Å². The van der Waals surface area contributed by atoms with Crippen molar-refractivity contribution < 1.29 is 9.53 Å². The molecule has 64 valence electrons. The predicted molar refractivity (Wildman–Crippen MR) is 43.1 cm³/mol. The molecule has 0 aromatic carbocycles. The van der Waals surface area contributed by atoms with E-state index in [-0.39, 0.29) is 11.4 Å². The molecule has 0 saturated carbocycles. The van der Waals surface area contributed by atoms with Crippen molar-refractivity contribution in [1.29, 1.82) is 0 Å². The van der Waals surface area contributed by atoms with Crippen LogP contribution in [0.25, 0.3) is 0 Å². The highest BCUT2D eigenvalue weighted by molar-refractivity contribution is 5.78. The van der Waals surface area contributed by atoms with Gasteiger partial charge in [-0.3, -0.25) is 4.79 Å². The number of ether oxygens (including phenoxy) is 1. The van der Waals surface area contributed by atoms with Crippen LogP contribution in [0.3, 0.4) is 0 Å². The van der Waals surface area contributed by atoms with E-state index in [9.17, 15) is 4.79 Å². The molecule has 0 amide bonds. The average Bonchev–Trinajstić information content (AvgIpc) is 2.11. The lowest BCUT2D eigenvalue weighted by atomic mass is 9.81.